The smallest absolute Gasteiger partial charge is 0.338 e. The van der Waals surface area contributed by atoms with Crippen molar-refractivity contribution in [2.75, 3.05) is 13.2 Å². The van der Waals surface area contributed by atoms with Gasteiger partial charge in [-0.2, -0.15) is 0 Å². The summed E-state index contributed by atoms with van der Waals surface area (Å²) >= 11 is 0. The third-order valence-corrected chi connectivity index (χ3v) is 12.8. The van der Waals surface area contributed by atoms with E-state index in [2.05, 4.69) is 0 Å². The van der Waals surface area contributed by atoms with Gasteiger partial charge in [-0.05, 0) is 42.7 Å². The van der Waals surface area contributed by atoms with Crippen molar-refractivity contribution in [3.05, 3.63) is 119 Å². The molecular weight excluding hydrogens is 748 g/mol. The molecule has 2 bridgehead atoms. The summed E-state index contributed by atoms with van der Waals surface area (Å²) in [6, 6.07) is 25.2. The van der Waals surface area contributed by atoms with Gasteiger partial charge in [0.1, 0.15) is 18.8 Å². The zero-order valence-electron chi connectivity index (χ0n) is 33.0. The normalized spacial score (nSPS) is 32.6. The lowest BCUT2D eigenvalue weighted by molar-refractivity contribution is -0.356. The fourth-order valence-corrected chi connectivity index (χ4v) is 9.65. The predicted octanol–water partition coefficient (Wildman–Crippen LogP) is 4.27. The summed E-state index contributed by atoms with van der Waals surface area (Å²) in [5, 5.41) is 36.2. The van der Waals surface area contributed by atoms with Crippen LogP contribution in [0, 0.1) is 16.7 Å². The minimum absolute atomic E-state index is 0.108. The van der Waals surface area contributed by atoms with Crippen molar-refractivity contribution in [1.29, 1.82) is 0 Å². The molecule has 1 saturated carbocycles. The van der Waals surface area contributed by atoms with Crippen molar-refractivity contribution in [2.24, 2.45) is 16.7 Å². The molecule has 0 amide bonds. The van der Waals surface area contributed by atoms with Crippen LogP contribution in [0.4, 0.5) is 0 Å². The summed E-state index contributed by atoms with van der Waals surface area (Å²) in [4.78, 5) is 68.6. The minimum Gasteiger partial charge on any atom is -0.459 e. The predicted molar refractivity (Wildman–Crippen MR) is 205 cm³/mol. The standard InChI is InChI=1S/C45H48O13/c1-25(23-54-41(52)35(49)30(27-15-9-6-10-16-27)21-31(47)28-17-11-7-12-18-28)34-36-38(50)43(5)32(48)22-33-44(24-55-33,57-26(2)46)37(43)39(45(53,58-36)42(34,3)4)56-40(51)29-19-13-8-14-20-29/h6-20,30,32-33,35-37,39,48-49,53H,21-24H2,1-5H3/b34-25-/t30-,32-,33+,35+,36-,37?,39?,43+,44-,45-/m0/s1. The maximum absolute atomic E-state index is 15.1. The molecule has 3 saturated heterocycles. The summed E-state index contributed by atoms with van der Waals surface area (Å²) in [6.07, 6.45) is -7.64. The van der Waals surface area contributed by atoms with Crippen LogP contribution < -0.4 is 0 Å². The highest BCUT2D eigenvalue weighted by Gasteiger charge is 2.80. The molecule has 0 aromatic heterocycles. The summed E-state index contributed by atoms with van der Waals surface area (Å²) in [7, 11) is 0. The molecule has 4 fully saturated rings. The van der Waals surface area contributed by atoms with Crippen LogP contribution >= 0.6 is 0 Å². The molecule has 3 aliphatic heterocycles. The first kappa shape index (κ1) is 41.1. The number of fused-ring (bicyclic) bond motifs is 5. The molecule has 7 rings (SSSR count). The van der Waals surface area contributed by atoms with Gasteiger partial charge in [0.05, 0.1) is 29.6 Å². The highest BCUT2D eigenvalue weighted by molar-refractivity contribution is 5.97. The number of ketones is 2. The molecule has 3 aromatic carbocycles. The molecule has 13 nitrogen and oxygen atoms in total. The van der Waals surface area contributed by atoms with E-state index in [0.29, 0.717) is 11.1 Å². The molecule has 10 atom stereocenters. The van der Waals surface area contributed by atoms with Crippen LogP contribution in [-0.4, -0.2) is 99.9 Å². The Morgan fingerprint density at radius 3 is 2.03 bits per heavy atom. The van der Waals surface area contributed by atoms with Crippen LogP contribution in [-0.2, 0) is 38.1 Å². The second kappa shape index (κ2) is 15.3. The Morgan fingerprint density at radius 2 is 1.47 bits per heavy atom. The molecule has 13 heteroatoms. The molecule has 1 aliphatic carbocycles. The Labute approximate surface area is 335 Å². The quantitative estimate of drug-likeness (QED) is 0.108. The minimum atomic E-state index is -2.49. The van der Waals surface area contributed by atoms with E-state index in [1.165, 1.54) is 26.0 Å². The highest BCUT2D eigenvalue weighted by Crippen LogP contribution is 2.65. The molecule has 3 heterocycles. The molecule has 0 radical (unpaired) electrons. The number of ether oxygens (including phenoxy) is 5. The molecule has 4 aliphatic rings. The lowest BCUT2D eigenvalue weighted by Gasteiger charge is -2.63. The maximum atomic E-state index is 15.1. The van der Waals surface area contributed by atoms with Gasteiger partial charge >= 0.3 is 17.9 Å². The molecule has 3 N–H and O–H groups in total. The van der Waals surface area contributed by atoms with Crippen molar-refractivity contribution >= 4 is 29.5 Å². The van der Waals surface area contributed by atoms with Crippen LogP contribution in [0.15, 0.2) is 102 Å². The molecule has 58 heavy (non-hydrogen) atoms. The largest absolute Gasteiger partial charge is 0.459 e. The van der Waals surface area contributed by atoms with Gasteiger partial charge in [0.15, 0.2) is 29.4 Å². The summed E-state index contributed by atoms with van der Waals surface area (Å²) in [5.41, 5.74) is -3.38. The van der Waals surface area contributed by atoms with E-state index in [-0.39, 0.29) is 41.9 Å². The van der Waals surface area contributed by atoms with Crippen molar-refractivity contribution in [1.82, 2.24) is 0 Å². The maximum Gasteiger partial charge on any atom is 0.338 e. The Bertz CT molecular complexity index is 2120. The van der Waals surface area contributed by atoms with Gasteiger partial charge in [0, 0.05) is 36.7 Å². The fourth-order valence-electron chi connectivity index (χ4n) is 9.65. The second-order valence-electron chi connectivity index (χ2n) is 16.5. The zero-order valence-corrected chi connectivity index (χ0v) is 33.0. The van der Waals surface area contributed by atoms with Gasteiger partial charge in [0.2, 0.25) is 5.79 Å². The van der Waals surface area contributed by atoms with Crippen LogP contribution in [0.2, 0.25) is 0 Å². The number of Topliss-reactive ketones (excluding diaryl/α,β-unsaturated/α-hetero) is 2. The van der Waals surface area contributed by atoms with E-state index >= 15 is 4.79 Å². The van der Waals surface area contributed by atoms with Crippen molar-refractivity contribution in [2.45, 2.75) is 95.3 Å². The van der Waals surface area contributed by atoms with Crippen molar-refractivity contribution in [3.8, 4) is 0 Å². The summed E-state index contributed by atoms with van der Waals surface area (Å²) in [5.74, 6) is -8.34. The number of carbonyl (C=O) groups is 5. The monoisotopic (exact) mass is 796 g/mol. The lowest BCUT2D eigenvalue weighted by Crippen LogP contribution is -2.79. The molecule has 2 unspecified atom stereocenters. The van der Waals surface area contributed by atoms with Gasteiger partial charge in [-0.1, -0.05) is 92.7 Å². The number of carbonyl (C=O) groups excluding carboxylic acids is 5. The number of hydrogen-bond donors (Lipinski definition) is 3. The summed E-state index contributed by atoms with van der Waals surface area (Å²) in [6.45, 7) is 6.79. The van der Waals surface area contributed by atoms with Crippen LogP contribution in [0.5, 0.6) is 0 Å². The SMILES string of the molecule is CC(=O)O[C@@]12CO[C@@H]1C[C@H](O)[C@@]1(C)C(=O)[C@H]3O[C@@](O)(C(OC(=O)c4ccccc4)C12)C(C)(C)/C3=C(/C)COC(=O)[C@H](O)[C@@H](CC(=O)c1ccccc1)c1ccccc1. The summed E-state index contributed by atoms with van der Waals surface area (Å²) < 4.78 is 30.0. The number of aliphatic hydroxyl groups excluding tert-OH is 2. The number of benzene rings is 3. The topological polar surface area (TPSA) is 192 Å². The third kappa shape index (κ3) is 6.58. The Hall–Kier alpha value is -5.05. The highest BCUT2D eigenvalue weighted by atomic mass is 16.7. The van der Waals surface area contributed by atoms with E-state index < -0.39 is 94.9 Å². The van der Waals surface area contributed by atoms with Gasteiger partial charge in [-0.25, -0.2) is 9.59 Å². The van der Waals surface area contributed by atoms with Gasteiger partial charge in [-0.3, -0.25) is 14.4 Å². The lowest BCUT2D eigenvalue weighted by atomic mass is 9.49. The first-order valence-corrected chi connectivity index (χ1v) is 19.3. The second-order valence-corrected chi connectivity index (χ2v) is 16.5. The van der Waals surface area contributed by atoms with Crippen molar-refractivity contribution in [3.63, 3.8) is 0 Å². The number of rotatable bonds is 11. The Morgan fingerprint density at radius 1 is 0.879 bits per heavy atom. The van der Waals surface area contributed by atoms with Crippen LogP contribution in [0.1, 0.15) is 79.7 Å². The number of aliphatic hydroxyl groups is 3. The molecule has 3 aromatic rings. The molecule has 306 valence electrons. The first-order chi connectivity index (χ1) is 27.5. The average Bonchev–Trinajstić information content (AvgIpc) is 3.39. The van der Waals surface area contributed by atoms with Gasteiger partial charge in [0.25, 0.3) is 0 Å². The Balaban J connectivity index is 1.24. The van der Waals surface area contributed by atoms with Gasteiger partial charge in [-0.15, -0.1) is 0 Å². The Kier molecular flexibility index (Phi) is 10.8. The number of hydrogen-bond acceptors (Lipinski definition) is 13. The third-order valence-electron chi connectivity index (χ3n) is 12.8. The van der Waals surface area contributed by atoms with Crippen molar-refractivity contribution < 1.29 is 63.0 Å². The van der Waals surface area contributed by atoms with Crippen LogP contribution in [0.25, 0.3) is 0 Å². The molecule has 0 spiro atoms. The van der Waals surface area contributed by atoms with E-state index in [1.807, 2.05) is 0 Å². The van der Waals surface area contributed by atoms with Crippen LogP contribution in [0.3, 0.4) is 0 Å². The van der Waals surface area contributed by atoms with E-state index in [1.54, 1.807) is 99.6 Å². The molecular formula is C45H48O13. The first-order valence-electron chi connectivity index (χ1n) is 19.3. The van der Waals surface area contributed by atoms with E-state index in [0.717, 1.165) is 0 Å². The van der Waals surface area contributed by atoms with Gasteiger partial charge < -0.3 is 39.0 Å². The average molecular weight is 797 g/mol. The van der Waals surface area contributed by atoms with E-state index in [4.69, 9.17) is 23.7 Å². The zero-order chi connectivity index (χ0) is 41.8. The number of esters is 3. The fraction of sp³-hybridized carbons (Fsp3) is 0.444. The van der Waals surface area contributed by atoms with E-state index in [9.17, 15) is 34.5 Å².